The Morgan fingerprint density at radius 3 is 2.90 bits per heavy atom. The van der Waals surface area contributed by atoms with Crippen molar-refractivity contribution < 1.29 is 4.39 Å². The molecule has 0 radical (unpaired) electrons. The molecule has 0 aliphatic heterocycles. The molecule has 0 unspecified atom stereocenters. The molecule has 3 aromatic rings. The second-order valence-corrected chi connectivity index (χ2v) is 5.94. The highest BCUT2D eigenvalue weighted by Crippen LogP contribution is 2.19. The average Bonchev–Trinajstić information content (AvgIpc) is 2.81. The molecule has 0 amide bonds. The summed E-state index contributed by atoms with van der Waals surface area (Å²) in [6.07, 6.45) is 1.83. The van der Waals surface area contributed by atoms with Crippen LogP contribution in [0.3, 0.4) is 0 Å². The van der Waals surface area contributed by atoms with E-state index in [9.17, 15) is 4.39 Å². The maximum Gasteiger partial charge on any atom is 0.243 e. The Bertz CT molecular complexity index is 772. The zero-order valence-electron chi connectivity index (χ0n) is 10.1. The van der Waals surface area contributed by atoms with Crippen LogP contribution in [-0.4, -0.2) is 14.6 Å². The highest BCUT2D eigenvalue weighted by Gasteiger charge is 2.06. The van der Waals surface area contributed by atoms with Crippen molar-refractivity contribution in [2.45, 2.75) is 6.54 Å². The fourth-order valence-electron chi connectivity index (χ4n) is 1.79. The zero-order chi connectivity index (χ0) is 14.1. The number of pyridine rings is 1. The van der Waals surface area contributed by atoms with Crippen LogP contribution < -0.4 is 5.32 Å². The van der Waals surface area contributed by atoms with Crippen LogP contribution in [0.4, 0.5) is 10.3 Å². The molecule has 0 spiro atoms. The topological polar surface area (TPSA) is 42.2 Å². The van der Waals surface area contributed by atoms with Crippen LogP contribution in [-0.2, 0) is 6.54 Å². The molecule has 3 rings (SSSR count). The number of halogens is 3. The Hall–Kier alpha value is -1.47. The molecule has 7 heteroatoms. The molecular weight excluding hydrogens is 391 g/mol. The van der Waals surface area contributed by atoms with Crippen LogP contribution >= 0.6 is 31.9 Å². The second-order valence-electron chi connectivity index (χ2n) is 4.17. The lowest BCUT2D eigenvalue weighted by molar-refractivity contribution is 0.625. The third kappa shape index (κ3) is 2.83. The Morgan fingerprint density at radius 1 is 1.20 bits per heavy atom. The van der Waals surface area contributed by atoms with E-state index in [0.29, 0.717) is 12.5 Å². The molecule has 1 aromatic carbocycles. The average molecular weight is 400 g/mol. The molecule has 102 valence electrons. The van der Waals surface area contributed by atoms with Crippen LogP contribution in [0.25, 0.3) is 5.65 Å². The predicted molar refractivity (Wildman–Crippen MR) is 82.1 cm³/mol. The normalized spacial score (nSPS) is 10.9. The largest absolute Gasteiger partial charge is 0.349 e. The van der Waals surface area contributed by atoms with E-state index in [4.69, 9.17) is 0 Å². The summed E-state index contributed by atoms with van der Waals surface area (Å²) in [7, 11) is 0. The predicted octanol–water partition coefficient (Wildman–Crippen LogP) is 4.01. The summed E-state index contributed by atoms with van der Waals surface area (Å²) in [5.41, 5.74) is 1.55. The first-order valence-corrected chi connectivity index (χ1v) is 7.40. The molecule has 0 aliphatic rings. The van der Waals surface area contributed by atoms with Gasteiger partial charge in [0, 0.05) is 21.7 Å². The minimum Gasteiger partial charge on any atom is -0.349 e. The molecule has 0 bridgehead atoms. The third-order valence-corrected chi connectivity index (χ3v) is 3.98. The van der Waals surface area contributed by atoms with Gasteiger partial charge in [0.1, 0.15) is 5.82 Å². The molecule has 0 fully saturated rings. The van der Waals surface area contributed by atoms with E-state index in [0.717, 1.165) is 20.2 Å². The van der Waals surface area contributed by atoms with E-state index in [1.807, 2.05) is 18.3 Å². The van der Waals surface area contributed by atoms with Crippen molar-refractivity contribution in [1.29, 1.82) is 0 Å². The smallest absolute Gasteiger partial charge is 0.243 e. The fourth-order valence-corrected chi connectivity index (χ4v) is 2.50. The SMILES string of the molecule is Fc1ccc(Br)c(CNc2nc3ccc(Br)cn3n2)c1. The highest BCUT2D eigenvalue weighted by molar-refractivity contribution is 9.10. The Balaban J connectivity index is 1.81. The Kier molecular flexibility index (Phi) is 3.71. The maximum atomic E-state index is 13.2. The van der Waals surface area contributed by atoms with E-state index >= 15 is 0 Å². The van der Waals surface area contributed by atoms with E-state index in [2.05, 4.69) is 47.3 Å². The minimum absolute atomic E-state index is 0.267. The summed E-state index contributed by atoms with van der Waals surface area (Å²) in [5, 5.41) is 7.38. The molecule has 0 aliphatic carbocycles. The Labute approximate surface area is 131 Å². The van der Waals surface area contributed by atoms with Gasteiger partial charge in [-0.2, -0.15) is 4.98 Å². The Morgan fingerprint density at radius 2 is 2.05 bits per heavy atom. The van der Waals surface area contributed by atoms with Crippen molar-refractivity contribution in [3.63, 3.8) is 0 Å². The highest BCUT2D eigenvalue weighted by atomic mass is 79.9. The van der Waals surface area contributed by atoms with E-state index in [-0.39, 0.29) is 5.82 Å². The third-order valence-electron chi connectivity index (χ3n) is 2.74. The number of nitrogens with one attached hydrogen (secondary N) is 1. The molecule has 2 aromatic heterocycles. The van der Waals surface area contributed by atoms with E-state index < -0.39 is 0 Å². The number of nitrogens with zero attached hydrogens (tertiary/aromatic N) is 3. The second kappa shape index (κ2) is 5.49. The van der Waals surface area contributed by atoms with Gasteiger partial charge in [-0.05, 0) is 51.8 Å². The van der Waals surface area contributed by atoms with Gasteiger partial charge >= 0.3 is 0 Å². The van der Waals surface area contributed by atoms with Crippen LogP contribution in [0.5, 0.6) is 0 Å². The van der Waals surface area contributed by atoms with Gasteiger partial charge < -0.3 is 5.32 Å². The van der Waals surface area contributed by atoms with Crippen molar-refractivity contribution in [3.05, 3.63) is 56.9 Å². The first kappa shape index (κ1) is 13.5. The minimum atomic E-state index is -0.267. The summed E-state index contributed by atoms with van der Waals surface area (Å²) < 4.78 is 16.6. The summed E-state index contributed by atoms with van der Waals surface area (Å²) in [5.74, 6) is 0.233. The van der Waals surface area contributed by atoms with Gasteiger partial charge in [0.2, 0.25) is 5.95 Å². The zero-order valence-corrected chi connectivity index (χ0v) is 13.3. The number of rotatable bonds is 3. The maximum absolute atomic E-state index is 13.2. The molecule has 0 atom stereocenters. The molecule has 20 heavy (non-hydrogen) atoms. The number of anilines is 1. The van der Waals surface area contributed by atoms with Crippen molar-refractivity contribution in [1.82, 2.24) is 14.6 Å². The lowest BCUT2D eigenvalue weighted by Gasteiger charge is -2.04. The van der Waals surface area contributed by atoms with Gasteiger partial charge in [0.15, 0.2) is 5.65 Å². The molecule has 0 saturated carbocycles. The number of hydrogen-bond donors (Lipinski definition) is 1. The number of aromatic nitrogens is 3. The van der Waals surface area contributed by atoms with Crippen LogP contribution in [0.2, 0.25) is 0 Å². The number of fused-ring (bicyclic) bond motifs is 1. The van der Waals surface area contributed by atoms with Gasteiger partial charge in [-0.25, -0.2) is 8.91 Å². The van der Waals surface area contributed by atoms with Gasteiger partial charge in [-0.1, -0.05) is 15.9 Å². The summed E-state index contributed by atoms with van der Waals surface area (Å²) >= 11 is 6.77. The molecule has 0 saturated heterocycles. The summed E-state index contributed by atoms with van der Waals surface area (Å²) in [6.45, 7) is 0.441. The first-order chi connectivity index (χ1) is 9.61. The van der Waals surface area contributed by atoms with Gasteiger partial charge in [-0.3, -0.25) is 0 Å². The van der Waals surface area contributed by atoms with Gasteiger partial charge in [-0.15, -0.1) is 5.10 Å². The van der Waals surface area contributed by atoms with E-state index in [1.54, 1.807) is 10.6 Å². The summed E-state index contributed by atoms with van der Waals surface area (Å²) in [6, 6.07) is 8.33. The molecular formula is C13H9Br2FN4. The quantitative estimate of drug-likeness (QED) is 0.723. The molecule has 1 N–H and O–H groups in total. The fraction of sp³-hybridized carbons (Fsp3) is 0.0769. The lowest BCUT2D eigenvalue weighted by atomic mass is 10.2. The van der Waals surface area contributed by atoms with Crippen molar-refractivity contribution in [2.24, 2.45) is 0 Å². The van der Waals surface area contributed by atoms with Crippen molar-refractivity contribution in [3.8, 4) is 0 Å². The summed E-state index contributed by atoms with van der Waals surface area (Å²) in [4.78, 5) is 4.33. The molecule has 4 nitrogen and oxygen atoms in total. The van der Waals surface area contributed by atoms with Crippen LogP contribution in [0.15, 0.2) is 45.5 Å². The monoisotopic (exact) mass is 398 g/mol. The number of benzene rings is 1. The van der Waals surface area contributed by atoms with Gasteiger partial charge in [0.25, 0.3) is 0 Å². The number of hydrogen-bond acceptors (Lipinski definition) is 3. The first-order valence-electron chi connectivity index (χ1n) is 5.81. The van der Waals surface area contributed by atoms with Crippen LogP contribution in [0, 0.1) is 5.82 Å². The van der Waals surface area contributed by atoms with Crippen LogP contribution in [0.1, 0.15) is 5.56 Å². The van der Waals surface area contributed by atoms with Crippen molar-refractivity contribution in [2.75, 3.05) is 5.32 Å². The van der Waals surface area contributed by atoms with Crippen molar-refractivity contribution >= 4 is 43.5 Å². The molecule has 2 heterocycles. The van der Waals surface area contributed by atoms with E-state index in [1.165, 1.54) is 12.1 Å². The van der Waals surface area contributed by atoms with Gasteiger partial charge in [0.05, 0.1) is 0 Å². The lowest BCUT2D eigenvalue weighted by Crippen LogP contribution is -2.02. The standard InChI is InChI=1S/C13H9Br2FN4/c14-9-1-4-12-18-13(19-20(12)7-9)17-6-8-5-10(16)2-3-11(8)15/h1-5,7H,6H2,(H,17,19).